The molecule has 2 rings (SSSR count). The van der Waals surface area contributed by atoms with Gasteiger partial charge in [0.1, 0.15) is 0 Å². The van der Waals surface area contributed by atoms with Gasteiger partial charge in [-0.2, -0.15) is 0 Å². The Morgan fingerprint density at radius 1 is 1.35 bits per heavy atom. The lowest BCUT2D eigenvalue weighted by molar-refractivity contribution is -0.124. The largest absolute Gasteiger partial charge is 0.350 e. The quantitative estimate of drug-likeness (QED) is 0.768. The third kappa shape index (κ3) is 3.68. The Morgan fingerprint density at radius 2 is 1.94 bits per heavy atom. The third-order valence-corrected chi connectivity index (χ3v) is 4.15. The molecule has 1 amide bonds. The minimum atomic E-state index is 0.0588. The molecule has 0 aromatic rings. The highest BCUT2D eigenvalue weighted by Crippen LogP contribution is 2.28. The Labute approximate surface area is 104 Å². The Morgan fingerprint density at radius 3 is 2.53 bits per heavy atom. The van der Waals surface area contributed by atoms with Gasteiger partial charge in [-0.1, -0.05) is 12.8 Å². The predicted molar refractivity (Wildman–Crippen MR) is 68.7 cm³/mol. The van der Waals surface area contributed by atoms with E-state index in [1.165, 1.54) is 12.8 Å². The molecule has 0 bridgehead atoms. The van der Waals surface area contributed by atoms with Gasteiger partial charge in [0.05, 0.1) is 6.54 Å². The minimum absolute atomic E-state index is 0.0588. The number of nitrogens with one attached hydrogen (secondary N) is 1. The normalized spacial score (nSPS) is 26.0. The van der Waals surface area contributed by atoms with E-state index in [0.717, 1.165) is 38.8 Å². The molecule has 4 heteroatoms. The Hall–Kier alpha value is -0.610. The van der Waals surface area contributed by atoms with E-state index >= 15 is 0 Å². The summed E-state index contributed by atoms with van der Waals surface area (Å²) in [5.41, 5.74) is 5.91. The number of nitrogens with two attached hydrogens (primary N) is 1. The smallest absolute Gasteiger partial charge is 0.234 e. The third-order valence-electron chi connectivity index (χ3n) is 4.15. The van der Waals surface area contributed by atoms with Crippen molar-refractivity contribution >= 4 is 5.91 Å². The van der Waals surface area contributed by atoms with Gasteiger partial charge in [-0.3, -0.25) is 9.69 Å². The number of nitrogens with zero attached hydrogens (tertiary/aromatic N) is 1. The van der Waals surface area contributed by atoms with Crippen molar-refractivity contribution in [2.24, 2.45) is 5.73 Å². The van der Waals surface area contributed by atoms with Crippen molar-refractivity contribution in [3.63, 3.8) is 0 Å². The molecule has 98 valence electrons. The summed E-state index contributed by atoms with van der Waals surface area (Å²) < 4.78 is 0. The van der Waals surface area contributed by atoms with Gasteiger partial charge in [-0.15, -0.1) is 0 Å². The van der Waals surface area contributed by atoms with Crippen LogP contribution in [0.1, 0.15) is 45.4 Å². The Balaban J connectivity index is 1.73. The molecule has 2 aliphatic rings. The molecule has 2 fully saturated rings. The van der Waals surface area contributed by atoms with Gasteiger partial charge in [0.15, 0.2) is 0 Å². The molecule has 3 N–H and O–H groups in total. The van der Waals surface area contributed by atoms with Crippen LogP contribution in [-0.4, -0.2) is 42.0 Å². The molecule has 1 heterocycles. The molecule has 17 heavy (non-hydrogen) atoms. The number of carbonyl (C=O) groups is 1. The van der Waals surface area contributed by atoms with E-state index in [-0.39, 0.29) is 11.4 Å². The lowest BCUT2D eigenvalue weighted by atomic mass is 10.0. The maximum absolute atomic E-state index is 12.0. The number of carbonyl (C=O) groups excluding carboxylic acids is 1. The van der Waals surface area contributed by atoms with Crippen molar-refractivity contribution in [3.05, 3.63) is 0 Å². The summed E-state index contributed by atoms with van der Waals surface area (Å²) in [4.78, 5) is 14.2. The van der Waals surface area contributed by atoms with Gasteiger partial charge >= 0.3 is 0 Å². The van der Waals surface area contributed by atoms with E-state index in [2.05, 4.69) is 17.1 Å². The summed E-state index contributed by atoms with van der Waals surface area (Å²) >= 11 is 0. The summed E-state index contributed by atoms with van der Waals surface area (Å²) in [6.07, 6.45) is 6.78. The van der Waals surface area contributed by atoms with E-state index in [0.29, 0.717) is 12.6 Å². The van der Waals surface area contributed by atoms with Crippen molar-refractivity contribution in [3.8, 4) is 0 Å². The molecular formula is C13H25N3O. The molecule has 0 atom stereocenters. The van der Waals surface area contributed by atoms with Crippen molar-refractivity contribution < 1.29 is 4.79 Å². The van der Waals surface area contributed by atoms with Crippen LogP contribution in [0.3, 0.4) is 0 Å². The van der Waals surface area contributed by atoms with E-state index < -0.39 is 0 Å². The van der Waals surface area contributed by atoms with Crippen LogP contribution in [0, 0.1) is 0 Å². The number of hydrogen-bond acceptors (Lipinski definition) is 3. The van der Waals surface area contributed by atoms with E-state index in [1.807, 2.05) is 0 Å². The monoisotopic (exact) mass is 239 g/mol. The van der Waals surface area contributed by atoms with Crippen LogP contribution in [0.25, 0.3) is 0 Å². The van der Waals surface area contributed by atoms with Gasteiger partial charge in [0.25, 0.3) is 0 Å². The Kier molecular flexibility index (Phi) is 4.05. The summed E-state index contributed by atoms with van der Waals surface area (Å²) in [6.45, 7) is 4.64. The van der Waals surface area contributed by atoms with Gasteiger partial charge in [0.2, 0.25) is 5.91 Å². The van der Waals surface area contributed by atoms with Crippen LogP contribution < -0.4 is 11.1 Å². The van der Waals surface area contributed by atoms with Gasteiger partial charge in [0, 0.05) is 24.7 Å². The highest BCUT2D eigenvalue weighted by atomic mass is 16.2. The lowest BCUT2D eigenvalue weighted by Crippen LogP contribution is -2.50. The zero-order valence-electron chi connectivity index (χ0n) is 10.9. The van der Waals surface area contributed by atoms with Crippen LogP contribution >= 0.6 is 0 Å². The standard InChI is InChI=1S/C13H25N3O/c1-13(6-2-3-7-13)15-12(17)10-16-8-4-11(14)5-9-16/h11H,2-10,14H2,1H3,(H,15,17). The first-order chi connectivity index (χ1) is 8.07. The van der Waals surface area contributed by atoms with Gasteiger partial charge < -0.3 is 11.1 Å². The second kappa shape index (κ2) is 5.36. The molecule has 1 saturated heterocycles. The van der Waals surface area contributed by atoms with Crippen molar-refractivity contribution in [1.82, 2.24) is 10.2 Å². The lowest BCUT2D eigenvalue weighted by Gasteiger charge is -2.31. The van der Waals surface area contributed by atoms with Crippen LogP contribution in [0.4, 0.5) is 0 Å². The number of piperidine rings is 1. The van der Waals surface area contributed by atoms with Crippen LogP contribution in [-0.2, 0) is 4.79 Å². The van der Waals surface area contributed by atoms with Crippen molar-refractivity contribution in [1.29, 1.82) is 0 Å². The number of hydrogen-bond donors (Lipinski definition) is 2. The molecule has 0 radical (unpaired) electrons. The number of rotatable bonds is 3. The fraction of sp³-hybridized carbons (Fsp3) is 0.923. The second-order valence-electron chi connectivity index (χ2n) is 5.93. The highest BCUT2D eigenvalue weighted by molar-refractivity contribution is 5.78. The predicted octanol–water partition coefficient (Wildman–Crippen LogP) is 0.858. The summed E-state index contributed by atoms with van der Waals surface area (Å²) in [5.74, 6) is 0.185. The minimum Gasteiger partial charge on any atom is -0.350 e. The molecular weight excluding hydrogens is 214 g/mol. The fourth-order valence-corrected chi connectivity index (χ4v) is 2.97. The first-order valence-corrected chi connectivity index (χ1v) is 6.86. The summed E-state index contributed by atoms with van der Waals surface area (Å²) in [6, 6.07) is 0.335. The fourth-order valence-electron chi connectivity index (χ4n) is 2.97. The molecule has 1 aliphatic heterocycles. The molecule has 0 spiro atoms. The molecule has 0 unspecified atom stereocenters. The molecule has 4 nitrogen and oxygen atoms in total. The van der Waals surface area contributed by atoms with Crippen LogP contribution in [0.15, 0.2) is 0 Å². The summed E-state index contributed by atoms with van der Waals surface area (Å²) in [7, 11) is 0. The highest BCUT2D eigenvalue weighted by Gasteiger charge is 2.30. The first kappa shape index (κ1) is 12.8. The van der Waals surface area contributed by atoms with Crippen LogP contribution in [0.2, 0.25) is 0 Å². The van der Waals surface area contributed by atoms with E-state index in [1.54, 1.807) is 0 Å². The molecule has 0 aromatic heterocycles. The number of amides is 1. The molecule has 0 aromatic carbocycles. The second-order valence-corrected chi connectivity index (χ2v) is 5.93. The average Bonchev–Trinajstić information content (AvgIpc) is 2.68. The average molecular weight is 239 g/mol. The van der Waals surface area contributed by atoms with Gasteiger partial charge in [-0.05, 0) is 32.6 Å². The zero-order chi connectivity index (χ0) is 12.3. The number of likely N-dealkylation sites (tertiary alicyclic amines) is 1. The summed E-state index contributed by atoms with van der Waals surface area (Å²) in [5, 5.41) is 3.20. The molecule has 1 saturated carbocycles. The SMILES string of the molecule is CC1(NC(=O)CN2CCC(N)CC2)CCCC1. The maximum atomic E-state index is 12.0. The van der Waals surface area contributed by atoms with Gasteiger partial charge in [-0.25, -0.2) is 0 Å². The maximum Gasteiger partial charge on any atom is 0.234 e. The van der Waals surface area contributed by atoms with Crippen molar-refractivity contribution in [2.75, 3.05) is 19.6 Å². The van der Waals surface area contributed by atoms with E-state index in [9.17, 15) is 4.79 Å². The Bertz CT molecular complexity index is 266. The van der Waals surface area contributed by atoms with E-state index in [4.69, 9.17) is 5.73 Å². The van der Waals surface area contributed by atoms with Crippen LogP contribution in [0.5, 0.6) is 0 Å². The van der Waals surface area contributed by atoms with Crippen molar-refractivity contribution in [2.45, 2.75) is 57.0 Å². The zero-order valence-corrected chi connectivity index (χ0v) is 10.9. The molecule has 1 aliphatic carbocycles. The topological polar surface area (TPSA) is 58.4 Å². The first-order valence-electron chi connectivity index (χ1n) is 6.86.